The molecule has 1 aliphatic heterocycles. The van der Waals surface area contributed by atoms with Gasteiger partial charge in [0, 0.05) is 32.6 Å². The molecule has 6 nitrogen and oxygen atoms in total. The van der Waals surface area contributed by atoms with E-state index in [4.69, 9.17) is 16.3 Å². The highest BCUT2D eigenvalue weighted by atomic mass is 35.5. The van der Waals surface area contributed by atoms with Gasteiger partial charge >= 0.3 is 5.97 Å². The van der Waals surface area contributed by atoms with Crippen molar-refractivity contribution in [3.63, 3.8) is 0 Å². The summed E-state index contributed by atoms with van der Waals surface area (Å²) in [5.41, 5.74) is -0.147. The molecule has 136 valence electrons. The molecule has 0 saturated carbocycles. The first-order valence-electron chi connectivity index (χ1n) is 8.10. The van der Waals surface area contributed by atoms with Gasteiger partial charge in [0.05, 0.1) is 23.6 Å². The lowest BCUT2D eigenvalue weighted by Gasteiger charge is -2.35. The maximum Gasteiger partial charge on any atom is 0.306 e. The summed E-state index contributed by atoms with van der Waals surface area (Å²) >= 11 is 5.92. The second-order valence-electron chi connectivity index (χ2n) is 5.57. The SMILES string of the molecule is CCOC(=O)CCC(=O)N1CCN(C(=O)c2c(F)cccc2Cl)CC1. The molecule has 0 unspecified atom stereocenters. The van der Waals surface area contributed by atoms with E-state index in [1.54, 1.807) is 11.8 Å². The van der Waals surface area contributed by atoms with Crippen LogP contribution in [0.15, 0.2) is 18.2 Å². The van der Waals surface area contributed by atoms with Crippen molar-refractivity contribution in [2.24, 2.45) is 0 Å². The van der Waals surface area contributed by atoms with Crippen LogP contribution in [0.5, 0.6) is 0 Å². The number of hydrogen-bond acceptors (Lipinski definition) is 4. The number of carbonyl (C=O) groups excluding carboxylic acids is 3. The van der Waals surface area contributed by atoms with Crippen molar-refractivity contribution in [3.8, 4) is 0 Å². The summed E-state index contributed by atoms with van der Waals surface area (Å²) in [6, 6.07) is 4.09. The molecule has 1 fully saturated rings. The third kappa shape index (κ3) is 4.92. The Labute approximate surface area is 150 Å². The van der Waals surface area contributed by atoms with Crippen LogP contribution in [0.2, 0.25) is 5.02 Å². The quantitative estimate of drug-likeness (QED) is 0.744. The van der Waals surface area contributed by atoms with Crippen molar-refractivity contribution in [1.82, 2.24) is 9.80 Å². The van der Waals surface area contributed by atoms with Crippen LogP contribution in [0.4, 0.5) is 4.39 Å². The highest BCUT2D eigenvalue weighted by molar-refractivity contribution is 6.33. The molecule has 25 heavy (non-hydrogen) atoms. The van der Waals surface area contributed by atoms with Gasteiger partial charge in [-0.3, -0.25) is 14.4 Å². The number of carbonyl (C=O) groups is 3. The molecule has 0 spiro atoms. The third-order valence-electron chi connectivity index (χ3n) is 3.94. The molecule has 1 aliphatic rings. The normalized spacial score (nSPS) is 14.4. The van der Waals surface area contributed by atoms with Crippen LogP contribution in [0, 0.1) is 5.82 Å². The van der Waals surface area contributed by atoms with E-state index in [2.05, 4.69) is 0 Å². The first kappa shape index (κ1) is 19.2. The summed E-state index contributed by atoms with van der Waals surface area (Å²) in [5, 5.41) is 0.0675. The van der Waals surface area contributed by atoms with Gasteiger partial charge in [-0.2, -0.15) is 0 Å². The molecule has 0 N–H and O–H groups in total. The van der Waals surface area contributed by atoms with Gasteiger partial charge in [0.2, 0.25) is 5.91 Å². The van der Waals surface area contributed by atoms with Gasteiger partial charge in [0.15, 0.2) is 0 Å². The number of ether oxygens (including phenoxy) is 1. The molecule has 0 atom stereocenters. The Hall–Kier alpha value is -2.15. The number of esters is 1. The topological polar surface area (TPSA) is 66.9 Å². The molecular weight excluding hydrogens is 351 g/mol. The third-order valence-corrected chi connectivity index (χ3v) is 4.26. The number of halogens is 2. The first-order valence-corrected chi connectivity index (χ1v) is 8.48. The number of hydrogen-bond donors (Lipinski definition) is 0. The summed E-state index contributed by atoms with van der Waals surface area (Å²) in [7, 11) is 0. The maximum atomic E-state index is 13.9. The van der Waals surface area contributed by atoms with Crippen LogP contribution in [-0.2, 0) is 14.3 Å². The summed E-state index contributed by atoms with van der Waals surface area (Å²) in [6.45, 7) is 3.23. The van der Waals surface area contributed by atoms with E-state index < -0.39 is 17.7 Å². The van der Waals surface area contributed by atoms with Crippen LogP contribution in [0.25, 0.3) is 0 Å². The molecule has 1 heterocycles. The van der Waals surface area contributed by atoms with E-state index in [0.717, 1.165) is 0 Å². The lowest BCUT2D eigenvalue weighted by Crippen LogP contribution is -2.50. The molecule has 1 saturated heterocycles. The minimum absolute atomic E-state index is 0.0383. The maximum absolute atomic E-state index is 13.9. The van der Waals surface area contributed by atoms with Crippen LogP contribution in [0.3, 0.4) is 0 Å². The molecule has 2 amide bonds. The summed E-state index contributed by atoms with van der Waals surface area (Å²) < 4.78 is 18.6. The second-order valence-corrected chi connectivity index (χ2v) is 5.98. The molecule has 0 bridgehead atoms. The standard InChI is InChI=1S/C17H20ClFN2O4/c1-2-25-15(23)7-6-14(22)20-8-10-21(11-9-20)17(24)16-12(18)4-3-5-13(16)19/h3-5H,2,6-11H2,1H3. The van der Waals surface area contributed by atoms with Gasteiger partial charge in [-0.1, -0.05) is 17.7 Å². The van der Waals surface area contributed by atoms with E-state index in [1.807, 2.05) is 0 Å². The van der Waals surface area contributed by atoms with Gasteiger partial charge in [0.1, 0.15) is 5.82 Å². The molecule has 2 rings (SSSR count). The van der Waals surface area contributed by atoms with E-state index in [9.17, 15) is 18.8 Å². The zero-order valence-corrected chi connectivity index (χ0v) is 14.7. The first-order chi connectivity index (χ1) is 11.9. The van der Waals surface area contributed by atoms with Crippen LogP contribution in [0.1, 0.15) is 30.1 Å². The number of piperazine rings is 1. The van der Waals surface area contributed by atoms with E-state index in [1.165, 1.54) is 23.1 Å². The van der Waals surface area contributed by atoms with Gasteiger partial charge in [-0.25, -0.2) is 4.39 Å². The van der Waals surface area contributed by atoms with E-state index in [0.29, 0.717) is 13.1 Å². The summed E-state index contributed by atoms with van der Waals surface area (Å²) in [4.78, 5) is 38.9. The van der Waals surface area contributed by atoms with Crippen molar-refractivity contribution in [2.75, 3.05) is 32.8 Å². The van der Waals surface area contributed by atoms with Crippen molar-refractivity contribution >= 4 is 29.4 Å². The molecule has 0 radical (unpaired) electrons. The fourth-order valence-electron chi connectivity index (χ4n) is 2.62. The Morgan fingerprint density at radius 3 is 2.36 bits per heavy atom. The number of benzene rings is 1. The van der Waals surface area contributed by atoms with Gasteiger partial charge < -0.3 is 14.5 Å². The predicted molar refractivity (Wildman–Crippen MR) is 89.8 cm³/mol. The highest BCUT2D eigenvalue weighted by Crippen LogP contribution is 2.21. The molecular formula is C17H20ClFN2O4. The van der Waals surface area contributed by atoms with Crippen molar-refractivity contribution < 1.29 is 23.5 Å². The average molecular weight is 371 g/mol. The Kier molecular flexibility index (Phi) is 6.75. The minimum Gasteiger partial charge on any atom is -0.466 e. The molecule has 1 aromatic rings. The Morgan fingerprint density at radius 1 is 1.12 bits per heavy atom. The summed E-state index contributed by atoms with van der Waals surface area (Å²) in [5.74, 6) is -1.71. The van der Waals surface area contributed by atoms with E-state index in [-0.39, 0.29) is 49.0 Å². The van der Waals surface area contributed by atoms with E-state index >= 15 is 0 Å². The number of amides is 2. The Bertz CT molecular complexity index is 640. The van der Waals surface area contributed by atoms with Crippen LogP contribution < -0.4 is 0 Å². The lowest BCUT2D eigenvalue weighted by atomic mass is 10.1. The van der Waals surface area contributed by atoms with Crippen LogP contribution in [-0.4, -0.2) is 60.4 Å². The van der Waals surface area contributed by atoms with Gasteiger partial charge in [-0.05, 0) is 19.1 Å². The minimum atomic E-state index is -0.662. The summed E-state index contributed by atoms with van der Waals surface area (Å²) in [6.07, 6.45) is 0.114. The molecule has 1 aromatic carbocycles. The Morgan fingerprint density at radius 2 is 1.76 bits per heavy atom. The largest absolute Gasteiger partial charge is 0.466 e. The zero-order chi connectivity index (χ0) is 18.4. The van der Waals surface area contributed by atoms with Gasteiger partial charge in [0.25, 0.3) is 5.91 Å². The zero-order valence-electron chi connectivity index (χ0n) is 14.0. The highest BCUT2D eigenvalue weighted by Gasteiger charge is 2.27. The fraction of sp³-hybridized carbons (Fsp3) is 0.471. The average Bonchev–Trinajstić information content (AvgIpc) is 2.60. The van der Waals surface area contributed by atoms with Crippen LogP contribution >= 0.6 is 11.6 Å². The van der Waals surface area contributed by atoms with Gasteiger partial charge in [-0.15, -0.1) is 0 Å². The number of rotatable bonds is 5. The predicted octanol–water partition coefficient (Wildman–Crippen LogP) is 2.11. The van der Waals surface area contributed by atoms with Crippen molar-refractivity contribution in [1.29, 1.82) is 0 Å². The fourth-order valence-corrected chi connectivity index (χ4v) is 2.86. The second kappa shape index (κ2) is 8.80. The Balaban J connectivity index is 1.88. The monoisotopic (exact) mass is 370 g/mol. The molecule has 0 aliphatic carbocycles. The lowest BCUT2D eigenvalue weighted by molar-refractivity contribution is -0.146. The van der Waals surface area contributed by atoms with Crippen molar-refractivity contribution in [3.05, 3.63) is 34.6 Å². The molecule has 0 aromatic heterocycles. The smallest absolute Gasteiger partial charge is 0.306 e. The number of nitrogens with zero attached hydrogens (tertiary/aromatic N) is 2. The van der Waals surface area contributed by atoms with Crippen molar-refractivity contribution in [2.45, 2.75) is 19.8 Å². The molecule has 8 heteroatoms.